The molecule has 200 valence electrons. The number of carbonyl (C=O) groups is 2. The highest BCUT2D eigenvalue weighted by Gasteiger charge is 2.63. The van der Waals surface area contributed by atoms with Crippen molar-refractivity contribution in [3.63, 3.8) is 0 Å². The lowest BCUT2D eigenvalue weighted by Gasteiger charge is -2.30. The molecule has 0 saturated carbocycles. The summed E-state index contributed by atoms with van der Waals surface area (Å²) in [7, 11) is 1.15. The van der Waals surface area contributed by atoms with E-state index in [1.165, 1.54) is 32.0 Å². The second-order valence-corrected chi connectivity index (χ2v) is 8.98. The number of nitrogens with one attached hydrogen (secondary N) is 1. The molecular formula is C23H18Cl2F6N2O4. The number of hydrogen-bond acceptors (Lipinski definition) is 5. The van der Waals surface area contributed by atoms with Crippen molar-refractivity contribution in [2.75, 3.05) is 7.11 Å². The number of esters is 1. The Kier molecular flexibility index (Phi) is 7.76. The SMILES string of the molecule is COC(=O)C(C)NC(=O)c1ccc(C2=NOC(c3cc(Cl)c(Cl)c(C(F)(F)F)c3)(C(F)(F)F)C2)cc1C. The monoisotopic (exact) mass is 570 g/mol. The van der Waals surface area contributed by atoms with Crippen molar-refractivity contribution in [2.24, 2.45) is 5.16 Å². The van der Waals surface area contributed by atoms with E-state index in [0.29, 0.717) is 11.6 Å². The van der Waals surface area contributed by atoms with Crippen LogP contribution >= 0.6 is 23.2 Å². The van der Waals surface area contributed by atoms with E-state index >= 15 is 0 Å². The number of hydrogen-bond donors (Lipinski definition) is 1. The highest BCUT2D eigenvalue weighted by atomic mass is 35.5. The first-order valence-corrected chi connectivity index (χ1v) is 11.2. The first-order chi connectivity index (χ1) is 17.0. The number of benzene rings is 2. The van der Waals surface area contributed by atoms with Gasteiger partial charge in [-0.2, -0.15) is 26.3 Å². The van der Waals surface area contributed by atoms with Crippen LogP contribution < -0.4 is 5.32 Å². The fourth-order valence-electron chi connectivity index (χ4n) is 3.70. The van der Waals surface area contributed by atoms with Crippen molar-refractivity contribution in [2.45, 2.75) is 44.3 Å². The number of alkyl halides is 6. The maximum absolute atomic E-state index is 14.3. The molecule has 0 spiro atoms. The van der Waals surface area contributed by atoms with Gasteiger partial charge in [-0.25, -0.2) is 4.79 Å². The van der Waals surface area contributed by atoms with E-state index in [1.54, 1.807) is 0 Å². The highest BCUT2D eigenvalue weighted by molar-refractivity contribution is 6.42. The van der Waals surface area contributed by atoms with Gasteiger partial charge in [0.1, 0.15) is 6.04 Å². The summed E-state index contributed by atoms with van der Waals surface area (Å²) in [4.78, 5) is 28.8. The highest BCUT2D eigenvalue weighted by Crippen LogP contribution is 2.51. The molecule has 0 fully saturated rings. The Morgan fingerprint density at radius 3 is 2.32 bits per heavy atom. The van der Waals surface area contributed by atoms with Crippen LogP contribution in [0.5, 0.6) is 0 Å². The number of nitrogens with zero attached hydrogens (tertiary/aromatic N) is 1. The molecule has 14 heteroatoms. The average Bonchev–Trinajstić information content (AvgIpc) is 3.26. The topological polar surface area (TPSA) is 77.0 Å². The van der Waals surface area contributed by atoms with Crippen molar-refractivity contribution in [3.05, 3.63) is 68.2 Å². The predicted molar refractivity (Wildman–Crippen MR) is 122 cm³/mol. The predicted octanol–water partition coefficient (Wildman–Crippen LogP) is 6.19. The van der Waals surface area contributed by atoms with Crippen LogP contribution in [0.4, 0.5) is 26.3 Å². The lowest BCUT2D eigenvalue weighted by atomic mass is 9.85. The van der Waals surface area contributed by atoms with Gasteiger partial charge in [0.15, 0.2) is 0 Å². The maximum atomic E-state index is 14.3. The molecule has 37 heavy (non-hydrogen) atoms. The molecule has 1 aliphatic rings. The molecule has 0 aromatic heterocycles. The molecule has 3 rings (SSSR count). The minimum Gasteiger partial charge on any atom is -0.467 e. The van der Waals surface area contributed by atoms with Crippen LogP contribution in [0, 0.1) is 6.92 Å². The molecule has 2 atom stereocenters. The number of halogens is 8. The minimum absolute atomic E-state index is 0.125. The van der Waals surface area contributed by atoms with Crippen molar-refractivity contribution in [1.29, 1.82) is 0 Å². The molecular weight excluding hydrogens is 553 g/mol. The average molecular weight is 571 g/mol. The quantitative estimate of drug-likeness (QED) is 0.343. The Bertz CT molecular complexity index is 1280. The number of oxime groups is 1. The Balaban J connectivity index is 1.96. The summed E-state index contributed by atoms with van der Waals surface area (Å²) >= 11 is 11.3. The fraction of sp³-hybridized carbons (Fsp3) is 0.348. The molecule has 2 aromatic carbocycles. The fourth-order valence-corrected chi connectivity index (χ4v) is 4.13. The normalized spacial score (nSPS) is 18.6. The summed E-state index contributed by atoms with van der Waals surface area (Å²) in [6.07, 6.45) is -11.3. The zero-order chi connectivity index (χ0) is 27.9. The van der Waals surface area contributed by atoms with Gasteiger partial charge in [-0.05, 0) is 49.2 Å². The Hall–Kier alpha value is -2.99. The van der Waals surface area contributed by atoms with Crippen LogP contribution in [-0.4, -0.2) is 36.9 Å². The zero-order valence-corrected chi connectivity index (χ0v) is 20.8. The van der Waals surface area contributed by atoms with E-state index in [2.05, 4.69) is 15.2 Å². The number of methoxy groups -OCH3 is 1. The van der Waals surface area contributed by atoms with Crippen molar-refractivity contribution < 1.29 is 45.5 Å². The second kappa shape index (κ2) is 10.1. The molecule has 1 aliphatic heterocycles. The number of carbonyl (C=O) groups excluding carboxylic acids is 2. The standard InChI is InChI=1S/C23H18Cl2F6N2O4/c1-10-6-12(4-5-14(10)19(34)32-11(2)20(35)36-3)17-9-21(37-33-17,23(29,30)31)13-7-15(22(26,27)28)18(25)16(24)8-13/h4-8,11H,9H2,1-3H3,(H,32,34). The molecule has 1 amide bonds. The lowest BCUT2D eigenvalue weighted by molar-refractivity contribution is -0.276. The van der Waals surface area contributed by atoms with Gasteiger partial charge in [0.05, 0.1) is 28.4 Å². The van der Waals surface area contributed by atoms with Crippen LogP contribution in [0.25, 0.3) is 0 Å². The molecule has 0 radical (unpaired) electrons. The Labute approximate surface area is 216 Å². The van der Waals surface area contributed by atoms with Gasteiger partial charge in [0.25, 0.3) is 11.5 Å². The number of aryl methyl sites for hydroxylation is 1. The van der Waals surface area contributed by atoms with E-state index in [1.807, 2.05) is 0 Å². The van der Waals surface area contributed by atoms with E-state index < -0.39 is 63.5 Å². The largest absolute Gasteiger partial charge is 0.467 e. The number of ether oxygens (including phenoxy) is 1. The van der Waals surface area contributed by atoms with Gasteiger partial charge in [0.2, 0.25) is 0 Å². The Morgan fingerprint density at radius 2 is 1.78 bits per heavy atom. The summed E-state index contributed by atoms with van der Waals surface area (Å²) in [5.41, 5.74) is -5.38. The van der Waals surface area contributed by atoms with E-state index in [-0.39, 0.29) is 22.9 Å². The minimum atomic E-state index is -5.20. The molecule has 2 unspecified atom stereocenters. The molecule has 0 bridgehead atoms. The van der Waals surface area contributed by atoms with Crippen molar-refractivity contribution in [1.82, 2.24) is 5.32 Å². The van der Waals surface area contributed by atoms with Crippen LogP contribution in [0.2, 0.25) is 10.0 Å². The van der Waals surface area contributed by atoms with Gasteiger partial charge >= 0.3 is 18.3 Å². The summed E-state index contributed by atoms with van der Waals surface area (Å²) in [5, 5.41) is 4.27. The third kappa shape index (κ3) is 5.49. The van der Waals surface area contributed by atoms with Gasteiger partial charge in [-0.1, -0.05) is 34.4 Å². The van der Waals surface area contributed by atoms with Crippen LogP contribution in [0.3, 0.4) is 0 Å². The van der Waals surface area contributed by atoms with Crippen LogP contribution in [0.15, 0.2) is 35.5 Å². The van der Waals surface area contributed by atoms with Crippen molar-refractivity contribution in [3.8, 4) is 0 Å². The number of amides is 1. The molecule has 2 aromatic rings. The van der Waals surface area contributed by atoms with Crippen LogP contribution in [-0.2, 0) is 26.1 Å². The van der Waals surface area contributed by atoms with E-state index in [4.69, 9.17) is 28.0 Å². The van der Waals surface area contributed by atoms with Gasteiger partial charge in [0, 0.05) is 17.5 Å². The summed E-state index contributed by atoms with van der Waals surface area (Å²) < 4.78 is 87.5. The lowest BCUT2D eigenvalue weighted by Crippen LogP contribution is -2.43. The van der Waals surface area contributed by atoms with Crippen molar-refractivity contribution >= 4 is 40.8 Å². The summed E-state index contributed by atoms with van der Waals surface area (Å²) in [5.74, 6) is -1.31. The van der Waals surface area contributed by atoms with Gasteiger partial charge in [-0.3, -0.25) is 4.79 Å². The molecule has 0 aliphatic carbocycles. The zero-order valence-electron chi connectivity index (χ0n) is 19.3. The van der Waals surface area contributed by atoms with E-state index in [0.717, 1.165) is 7.11 Å². The van der Waals surface area contributed by atoms with E-state index in [9.17, 15) is 35.9 Å². The van der Waals surface area contributed by atoms with Crippen LogP contribution in [0.1, 0.15) is 46.0 Å². The molecule has 1 N–H and O–H groups in total. The molecule has 1 heterocycles. The Morgan fingerprint density at radius 1 is 1.14 bits per heavy atom. The third-order valence-corrected chi connectivity index (χ3v) is 6.49. The smallest absolute Gasteiger partial charge is 0.435 e. The first kappa shape index (κ1) is 28.6. The maximum Gasteiger partial charge on any atom is 0.435 e. The third-order valence-electron chi connectivity index (χ3n) is 5.69. The second-order valence-electron chi connectivity index (χ2n) is 8.20. The summed E-state index contributed by atoms with van der Waals surface area (Å²) in [6.45, 7) is 2.91. The molecule has 0 saturated heterocycles. The van der Waals surface area contributed by atoms with Gasteiger partial charge in [-0.15, -0.1) is 0 Å². The summed E-state index contributed by atoms with van der Waals surface area (Å²) in [6, 6.07) is 3.91. The van der Waals surface area contributed by atoms with Gasteiger partial charge < -0.3 is 14.9 Å². The molecule has 6 nitrogen and oxygen atoms in total. The first-order valence-electron chi connectivity index (χ1n) is 10.4. The number of rotatable bonds is 5.